The molecule has 200 valence electrons. The summed E-state index contributed by atoms with van der Waals surface area (Å²) in [6, 6.07) is -2.27. The summed E-state index contributed by atoms with van der Waals surface area (Å²) < 4.78 is 1.14. The molecule has 36 heavy (non-hydrogen) atoms. The maximum Gasteiger partial charge on any atom is 0.305 e. The zero-order chi connectivity index (χ0) is 27.3. The number of aliphatic carboxylic acids is 1. The molecule has 0 radical (unpaired) electrons. The molecule has 0 aliphatic carbocycles. The van der Waals surface area contributed by atoms with Crippen LogP contribution in [0.25, 0.3) is 0 Å². The van der Waals surface area contributed by atoms with Crippen molar-refractivity contribution in [2.24, 2.45) is 5.16 Å². The third-order valence-electron chi connectivity index (χ3n) is 5.52. The molecular formula is C23H37N7O6. The second-order valence-corrected chi connectivity index (χ2v) is 8.51. The summed E-state index contributed by atoms with van der Waals surface area (Å²) in [5.41, 5.74) is -0.639. The van der Waals surface area contributed by atoms with Gasteiger partial charge in [-0.05, 0) is 33.4 Å². The average molecular weight is 508 g/mol. The van der Waals surface area contributed by atoms with E-state index in [1.807, 2.05) is 0 Å². The number of aromatic nitrogens is 2. The highest BCUT2D eigenvalue weighted by atomic mass is 16.4. The molecular weight excluding hydrogens is 470 g/mol. The van der Waals surface area contributed by atoms with Crippen molar-refractivity contribution in [3.05, 3.63) is 22.7 Å². The van der Waals surface area contributed by atoms with Gasteiger partial charge in [0.15, 0.2) is 11.6 Å². The molecule has 0 fully saturated rings. The molecule has 0 bridgehead atoms. The molecule has 13 heteroatoms. The van der Waals surface area contributed by atoms with E-state index in [0.29, 0.717) is 6.54 Å². The number of amides is 1. The Balaban J connectivity index is 3.04. The van der Waals surface area contributed by atoms with E-state index in [4.69, 9.17) is 10.6 Å². The van der Waals surface area contributed by atoms with Crippen LogP contribution in [0.4, 0.5) is 5.82 Å². The summed E-state index contributed by atoms with van der Waals surface area (Å²) in [6.07, 6.45) is 5.18. The van der Waals surface area contributed by atoms with E-state index in [9.17, 15) is 24.3 Å². The number of likely N-dealkylation sites (N-methyl/N-ethyl adjacent to an activating group) is 1. The van der Waals surface area contributed by atoms with Crippen LogP contribution in [0.3, 0.4) is 0 Å². The number of nitrogens with one attached hydrogen (secondary N) is 3. The fourth-order valence-electron chi connectivity index (χ4n) is 3.49. The molecule has 1 rings (SSSR count). The number of carbonyl (C=O) groups excluding carboxylic acids is 2. The first kappa shape index (κ1) is 30.4. The highest BCUT2D eigenvalue weighted by Gasteiger charge is 2.29. The van der Waals surface area contributed by atoms with Gasteiger partial charge in [-0.15, -0.1) is 0 Å². The zero-order valence-corrected chi connectivity index (χ0v) is 21.3. The standard InChI is InChI=1S/C23H37N7O6/c1-5-7-8-10-29(4)14-19(31)16(12-20(32)33)27-22(34)18(6-2)30-11-9-25-21(23(30)35)26-13-17(28-36)15(3)24/h9,11,16,18,24,36H,5-8,10,12-14H2,1-4H3,(H,25,26)(H,27,34)(H,32,33)/b24-15?,28-17-. The van der Waals surface area contributed by atoms with E-state index in [1.54, 1.807) is 18.9 Å². The van der Waals surface area contributed by atoms with Gasteiger partial charge in [0.2, 0.25) is 5.91 Å². The summed E-state index contributed by atoms with van der Waals surface area (Å²) in [4.78, 5) is 55.9. The van der Waals surface area contributed by atoms with Crippen LogP contribution in [0.5, 0.6) is 0 Å². The first-order valence-corrected chi connectivity index (χ1v) is 11.9. The fraction of sp³-hybridized carbons (Fsp3) is 0.609. The molecule has 1 aromatic heterocycles. The minimum atomic E-state index is -1.24. The summed E-state index contributed by atoms with van der Waals surface area (Å²) >= 11 is 0. The van der Waals surface area contributed by atoms with Crippen LogP contribution in [0.1, 0.15) is 58.9 Å². The number of ketones is 1. The van der Waals surface area contributed by atoms with Crippen molar-refractivity contribution in [3.63, 3.8) is 0 Å². The van der Waals surface area contributed by atoms with Crippen molar-refractivity contribution >= 4 is 34.9 Å². The van der Waals surface area contributed by atoms with Crippen LogP contribution in [-0.2, 0) is 14.4 Å². The Morgan fingerprint density at radius 2 is 1.97 bits per heavy atom. The number of oxime groups is 1. The minimum Gasteiger partial charge on any atom is -0.481 e. The fourth-order valence-corrected chi connectivity index (χ4v) is 3.49. The third-order valence-corrected chi connectivity index (χ3v) is 5.52. The van der Waals surface area contributed by atoms with Gasteiger partial charge in [-0.2, -0.15) is 0 Å². The topological polar surface area (TPSA) is 190 Å². The predicted molar refractivity (Wildman–Crippen MR) is 135 cm³/mol. The molecule has 0 spiro atoms. The lowest BCUT2D eigenvalue weighted by molar-refractivity contribution is -0.140. The van der Waals surface area contributed by atoms with Gasteiger partial charge in [-0.3, -0.25) is 28.6 Å². The molecule has 0 aliphatic heterocycles. The van der Waals surface area contributed by atoms with Gasteiger partial charge in [0.05, 0.1) is 31.3 Å². The van der Waals surface area contributed by atoms with Crippen LogP contribution >= 0.6 is 0 Å². The van der Waals surface area contributed by atoms with Crippen LogP contribution in [0.15, 0.2) is 22.3 Å². The van der Waals surface area contributed by atoms with E-state index >= 15 is 0 Å². The van der Waals surface area contributed by atoms with Crippen LogP contribution in [0, 0.1) is 5.41 Å². The highest BCUT2D eigenvalue weighted by molar-refractivity contribution is 6.41. The van der Waals surface area contributed by atoms with Gasteiger partial charge in [0.25, 0.3) is 5.56 Å². The van der Waals surface area contributed by atoms with E-state index in [0.717, 1.165) is 23.8 Å². The van der Waals surface area contributed by atoms with Crippen molar-refractivity contribution in [1.82, 2.24) is 19.8 Å². The second-order valence-electron chi connectivity index (χ2n) is 8.51. The van der Waals surface area contributed by atoms with E-state index in [-0.39, 0.29) is 36.8 Å². The summed E-state index contributed by atoms with van der Waals surface area (Å²) in [5.74, 6) is -2.46. The SMILES string of the molecule is CCCCCN(C)CC(=O)C(CC(=O)O)NC(=O)C(CC)n1ccnc(NC/C(=N/O)C(C)=N)c1=O. The second kappa shape index (κ2) is 15.4. The maximum atomic E-state index is 13.1. The molecule has 5 N–H and O–H groups in total. The molecule has 1 heterocycles. The number of unbranched alkanes of at least 4 members (excludes halogenated alkanes) is 2. The van der Waals surface area contributed by atoms with Crippen molar-refractivity contribution in [2.75, 3.05) is 32.0 Å². The van der Waals surface area contributed by atoms with Crippen molar-refractivity contribution < 1.29 is 24.7 Å². The molecule has 2 unspecified atom stereocenters. The Bertz CT molecular complexity index is 1010. The summed E-state index contributed by atoms with van der Waals surface area (Å²) in [7, 11) is 1.76. The average Bonchev–Trinajstić information content (AvgIpc) is 2.81. The van der Waals surface area contributed by atoms with Gasteiger partial charge >= 0.3 is 5.97 Å². The number of anilines is 1. The Morgan fingerprint density at radius 3 is 2.53 bits per heavy atom. The number of nitrogens with zero attached hydrogens (tertiary/aromatic N) is 4. The van der Waals surface area contributed by atoms with Gasteiger partial charge in [0.1, 0.15) is 11.8 Å². The lowest BCUT2D eigenvalue weighted by Crippen LogP contribution is -2.49. The van der Waals surface area contributed by atoms with Gasteiger partial charge in [0, 0.05) is 12.4 Å². The normalized spacial score (nSPS) is 13.2. The molecule has 0 aromatic carbocycles. The van der Waals surface area contributed by atoms with Crippen molar-refractivity contribution in [1.29, 1.82) is 5.41 Å². The molecule has 0 saturated carbocycles. The van der Waals surface area contributed by atoms with Crippen molar-refractivity contribution in [3.8, 4) is 0 Å². The lowest BCUT2D eigenvalue weighted by atomic mass is 10.1. The Labute approximate surface area is 210 Å². The van der Waals surface area contributed by atoms with Gasteiger partial charge < -0.3 is 26.4 Å². The number of carboxylic acid groups (broad SMARTS) is 1. The maximum absolute atomic E-state index is 13.1. The third kappa shape index (κ3) is 9.56. The Hall–Kier alpha value is -3.61. The quantitative estimate of drug-likeness (QED) is 0.0890. The number of carbonyl (C=O) groups is 3. The number of carboxylic acids is 1. The number of rotatable bonds is 17. The zero-order valence-electron chi connectivity index (χ0n) is 21.3. The molecule has 0 aliphatic rings. The van der Waals surface area contributed by atoms with Crippen molar-refractivity contribution in [2.45, 2.75) is 65.0 Å². The molecule has 13 nitrogen and oxygen atoms in total. The Morgan fingerprint density at radius 1 is 1.28 bits per heavy atom. The van der Waals surface area contributed by atoms with Crippen LogP contribution in [-0.4, -0.2) is 86.6 Å². The smallest absolute Gasteiger partial charge is 0.305 e. The largest absolute Gasteiger partial charge is 0.481 e. The van der Waals surface area contributed by atoms with E-state index < -0.39 is 41.7 Å². The van der Waals surface area contributed by atoms with E-state index in [2.05, 4.69) is 27.7 Å². The van der Waals surface area contributed by atoms with Crippen LogP contribution in [0.2, 0.25) is 0 Å². The molecule has 1 amide bonds. The predicted octanol–water partition coefficient (Wildman–Crippen LogP) is 1.13. The molecule has 0 saturated heterocycles. The van der Waals surface area contributed by atoms with E-state index in [1.165, 1.54) is 19.3 Å². The first-order valence-electron chi connectivity index (χ1n) is 11.9. The minimum absolute atomic E-state index is 0.00258. The number of Topliss-reactive ketones (excluding diaryl/α,β-unsaturated/α-hetero) is 1. The molecule has 1 aromatic rings. The number of hydrogen-bond acceptors (Lipinski definition) is 10. The first-order chi connectivity index (χ1) is 17.0. The van der Waals surface area contributed by atoms with Gasteiger partial charge in [-0.1, -0.05) is 31.8 Å². The monoisotopic (exact) mass is 507 g/mol. The Kier molecular flexibility index (Phi) is 13.0. The van der Waals surface area contributed by atoms with Crippen LogP contribution < -0.4 is 16.2 Å². The molecule has 2 atom stereocenters. The summed E-state index contributed by atoms with van der Waals surface area (Å²) in [5, 5.41) is 34.0. The number of hydrogen-bond donors (Lipinski definition) is 5. The lowest BCUT2D eigenvalue weighted by Gasteiger charge is -2.24. The highest BCUT2D eigenvalue weighted by Crippen LogP contribution is 2.11. The summed E-state index contributed by atoms with van der Waals surface area (Å²) in [6.45, 7) is 5.69. The van der Waals surface area contributed by atoms with Gasteiger partial charge in [-0.25, -0.2) is 4.98 Å².